The second-order valence-corrected chi connectivity index (χ2v) is 5.83. The molecule has 0 saturated heterocycles. The molecule has 0 radical (unpaired) electrons. The van der Waals surface area contributed by atoms with Gasteiger partial charge in [-0.1, -0.05) is 13.3 Å². The molecule has 0 aliphatic carbocycles. The van der Waals surface area contributed by atoms with Crippen LogP contribution in [-0.4, -0.2) is 23.2 Å². The summed E-state index contributed by atoms with van der Waals surface area (Å²) in [7, 11) is 0. The average Bonchev–Trinajstić information content (AvgIpc) is 2.57. The molecule has 4 heteroatoms. The van der Waals surface area contributed by atoms with Crippen molar-refractivity contribution in [3.63, 3.8) is 0 Å². The summed E-state index contributed by atoms with van der Waals surface area (Å²) in [5.41, 5.74) is 6.74. The van der Waals surface area contributed by atoms with Gasteiger partial charge in [0.15, 0.2) is 0 Å². The van der Waals surface area contributed by atoms with Crippen LogP contribution in [0.1, 0.15) is 35.3 Å². The highest BCUT2D eigenvalue weighted by Crippen LogP contribution is 2.29. The van der Waals surface area contributed by atoms with Crippen LogP contribution in [0.2, 0.25) is 0 Å². The fourth-order valence-electron chi connectivity index (χ4n) is 1.93. The second kappa shape index (κ2) is 5.75. The minimum atomic E-state index is -0.175. The molecule has 0 aromatic carbocycles. The van der Waals surface area contributed by atoms with Crippen molar-refractivity contribution in [2.45, 2.75) is 40.0 Å². The SMILES string of the molecule is CCCC(CN)(CO)Cc1nc(C)c(C)s1. The summed E-state index contributed by atoms with van der Waals surface area (Å²) in [4.78, 5) is 5.78. The van der Waals surface area contributed by atoms with E-state index in [9.17, 15) is 5.11 Å². The number of aromatic nitrogens is 1. The molecular formula is C12H22N2OS. The van der Waals surface area contributed by atoms with Gasteiger partial charge in [-0.2, -0.15) is 0 Å². The third-order valence-electron chi connectivity index (χ3n) is 3.15. The Morgan fingerprint density at radius 1 is 1.44 bits per heavy atom. The number of hydrogen-bond donors (Lipinski definition) is 2. The third-order valence-corrected chi connectivity index (χ3v) is 4.22. The van der Waals surface area contributed by atoms with Crippen LogP contribution in [0.15, 0.2) is 0 Å². The molecule has 16 heavy (non-hydrogen) atoms. The molecule has 1 atom stereocenters. The molecule has 0 fully saturated rings. The topological polar surface area (TPSA) is 59.1 Å². The zero-order valence-electron chi connectivity index (χ0n) is 10.4. The Labute approximate surface area is 102 Å². The number of nitrogens with two attached hydrogens (primary N) is 1. The summed E-state index contributed by atoms with van der Waals surface area (Å²) >= 11 is 1.72. The Morgan fingerprint density at radius 3 is 2.50 bits per heavy atom. The van der Waals surface area contributed by atoms with Crippen molar-refractivity contribution in [1.82, 2.24) is 4.98 Å². The second-order valence-electron chi connectivity index (χ2n) is 4.54. The van der Waals surface area contributed by atoms with Crippen molar-refractivity contribution in [2.24, 2.45) is 11.1 Å². The molecule has 1 aromatic heterocycles. The van der Waals surface area contributed by atoms with Crippen molar-refractivity contribution in [1.29, 1.82) is 0 Å². The predicted molar refractivity (Wildman–Crippen MR) is 68.8 cm³/mol. The summed E-state index contributed by atoms with van der Waals surface area (Å²) < 4.78 is 0. The molecular weight excluding hydrogens is 220 g/mol. The normalized spacial score (nSPS) is 15.1. The lowest BCUT2D eigenvalue weighted by molar-refractivity contribution is 0.121. The summed E-state index contributed by atoms with van der Waals surface area (Å²) in [5.74, 6) is 0. The van der Waals surface area contributed by atoms with Crippen molar-refractivity contribution < 1.29 is 5.11 Å². The zero-order valence-corrected chi connectivity index (χ0v) is 11.2. The molecule has 1 heterocycles. The molecule has 3 N–H and O–H groups in total. The van der Waals surface area contributed by atoms with Crippen molar-refractivity contribution in [3.05, 3.63) is 15.6 Å². The summed E-state index contributed by atoms with van der Waals surface area (Å²) in [5, 5.41) is 10.6. The average molecular weight is 242 g/mol. The van der Waals surface area contributed by atoms with Crippen LogP contribution < -0.4 is 5.73 Å². The van der Waals surface area contributed by atoms with E-state index in [1.165, 1.54) is 4.88 Å². The molecule has 0 saturated carbocycles. The van der Waals surface area contributed by atoms with E-state index in [4.69, 9.17) is 5.73 Å². The van der Waals surface area contributed by atoms with Crippen LogP contribution in [0.5, 0.6) is 0 Å². The Kier molecular flexibility index (Phi) is 4.89. The first kappa shape index (κ1) is 13.6. The fraction of sp³-hybridized carbons (Fsp3) is 0.750. The summed E-state index contributed by atoms with van der Waals surface area (Å²) in [6, 6.07) is 0. The molecule has 3 nitrogen and oxygen atoms in total. The van der Waals surface area contributed by atoms with Gasteiger partial charge in [-0.25, -0.2) is 4.98 Å². The van der Waals surface area contributed by atoms with E-state index in [0.29, 0.717) is 6.54 Å². The number of aryl methyl sites for hydroxylation is 2. The lowest BCUT2D eigenvalue weighted by Crippen LogP contribution is -2.36. The van der Waals surface area contributed by atoms with Crippen molar-refractivity contribution >= 4 is 11.3 Å². The van der Waals surface area contributed by atoms with E-state index in [1.54, 1.807) is 11.3 Å². The minimum absolute atomic E-state index is 0.148. The fourth-order valence-corrected chi connectivity index (χ4v) is 3.04. The van der Waals surface area contributed by atoms with Gasteiger partial charge in [-0.05, 0) is 20.3 Å². The lowest BCUT2D eigenvalue weighted by atomic mass is 9.81. The first-order valence-corrected chi connectivity index (χ1v) is 6.62. The number of aliphatic hydroxyl groups is 1. The molecule has 0 spiro atoms. The van der Waals surface area contributed by atoms with Crippen molar-refractivity contribution in [2.75, 3.05) is 13.2 Å². The van der Waals surface area contributed by atoms with Gasteiger partial charge in [0.2, 0.25) is 0 Å². The van der Waals surface area contributed by atoms with Gasteiger partial charge in [-0.3, -0.25) is 0 Å². The summed E-state index contributed by atoms with van der Waals surface area (Å²) in [6.45, 7) is 6.90. The van der Waals surface area contributed by atoms with E-state index < -0.39 is 0 Å². The monoisotopic (exact) mass is 242 g/mol. The van der Waals surface area contributed by atoms with E-state index >= 15 is 0 Å². The van der Waals surface area contributed by atoms with Gasteiger partial charge >= 0.3 is 0 Å². The largest absolute Gasteiger partial charge is 0.396 e. The van der Waals surface area contributed by atoms with Gasteiger partial charge in [0.25, 0.3) is 0 Å². The number of thiazole rings is 1. The van der Waals surface area contributed by atoms with Gasteiger partial charge in [0.1, 0.15) is 0 Å². The van der Waals surface area contributed by atoms with Crippen molar-refractivity contribution in [3.8, 4) is 0 Å². The maximum Gasteiger partial charge on any atom is 0.0937 e. The van der Waals surface area contributed by atoms with E-state index in [-0.39, 0.29) is 12.0 Å². The highest BCUT2D eigenvalue weighted by Gasteiger charge is 2.28. The third kappa shape index (κ3) is 3.03. The lowest BCUT2D eigenvalue weighted by Gasteiger charge is -2.29. The molecule has 92 valence electrons. The van der Waals surface area contributed by atoms with Gasteiger partial charge in [-0.15, -0.1) is 11.3 Å². The van der Waals surface area contributed by atoms with Crippen LogP contribution in [0, 0.1) is 19.3 Å². The molecule has 1 aromatic rings. The maximum absolute atomic E-state index is 9.54. The number of hydrogen-bond acceptors (Lipinski definition) is 4. The molecule has 1 rings (SSSR count). The molecule has 1 unspecified atom stereocenters. The minimum Gasteiger partial charge on any atom is -0.396 e. The Hall–Kier alpha value is -0.450. The van der Waals surface area contributed by atoms with E-state index in [0.717, 1.165) is 30.0 Å². The van der Waals surface area contributed by atoms with Crippen LogP contribution >= 0.6 is 11.3 Å². The van der Waals surface area contributed by atoms with E-state index in [1.807, 2.05) is 6.92 Å². The van der Waals surface area contributed by atoms with Gasteiger partial charge in [0, 0.05) is 23.3 Å². The number of rotatable bonds is 6. The summed E-state index contributed by atoms with van der Waals surface area (Å²) in [6.07, 6.45) is 2.80. The number of aliphatic hydroxyl groups excluding tert-OH is 1. The molecule has 0 bridgehead atoms. The van der Waals surface area contributed by atoms with Crippen LogP contribution in [-0.2, 0) is 6.42 Å². The number of nitrogens with zero attached hydrogens (tertiary/aromatic N) is 1. The van der Waals surface area contributed by atoms with Gasteiger partial charge < -0.3 is 10.8 Å². The van der Waals surface area contributed by atoms with Crippen LogP contribution in [0.3, 0.4) is 0 Å². The standard InChI is InChI=1S/C12H22N2OS/c1-4-5-12(7-13,8-15)6-11-14-9(2)10(3)16-11/h15H,4-8,13H2,1-3H3. The smallest absolute Gasteiger partial charge is 0.0937 e. The maximum atomic E-state index is 9.54. The molecule has 0 amide bonds. The quantitative estimate of drug-likeness (QED) is 0.802. The van der Waals surface area contributed by atoms with Crippen LogP contribution in [0.25, 0.3) is 0 Å². The first-order chi connectivity index (χ1) is 7.56. The van der Waals surface area contributed by atoms with Gasteiger partial charge in [0.05, 0.1) is 17.3 Å². The highest BCUT2D eigenvalue weighted by molar-refractivity contribution is 7.11. The predicted octanol–water partition coefficient (Wildman–Crippen LogP) is 2.04. The first-order valence-electron chi connectivity index (χ1n) is 5.80. The Bertz CT molecular complexity index is 312. The van der Waals surface area contributed by atoms with Crippen LogP contribution in [0.4, 0.5) is 0 Å². The molecule has 0 aliphatic heterocycles. The zero-order chi connectivity index (χ0) is 12.2. The Morgan fingerprint density at radius 2 is 2.12 bits per heavy atom. The highest BCUT2D eigenvalue weighted by atomic mass is 32.1. The Balaban J connectivity index is 2.82. The molecule has 0 aliphatic rings. The van der Waals surface area contributed by atoms with E-state index in [2.05, 4.69) is 18.8 Å².